The van der Waals surface area contributed by atoms with Crippen LogP contribution in [0.2, 0.25) is 0 Å². The van der Waals surface area contributed by atoms with Crippen LogP contribution < -0.4 is 5.73 Å². The van der Waals surface area contributed by atoms with Crippen LogP contribution in [0, 0.1) is 0 Å². The zero-order chi connectivity index (χ0) is 9.97. The Balaban J connectivity index is 2.53. The molecule has 0 radical (unpaired) electrons. The minimum absolute atomic E-state index is 0.153. The highest BCUT2D eigenvalue weighted by Gasteiger charge is 2.03. The van der Waals surface area contributed by atoms with Crippen LogP contribution >= 0.6 is 0 Å². The number of benzene rings is 1. The van der Waals surface area contributed by atoms with Gasteiger partial charge in [-0.2, -0.15) is 0 Å². The fourth-order valence-corrected chi connectivity index (χ4v) is 1.23. The second kappa shape index (κ2) is 3.33. The second-order valence-electron chi connectivity index (χ2n) is 2.87. The van der Waals surface area contributed by atoms with Gasteiger partial charge in [0.15, 0.2) is 0 Å². The summed E-state index contributed by atoms with van der Waals surface area (Å²) in [5.41, 5.74) is 7.78. The van der Waals surface area contributed by atoms with Gasteiger partial charge in [0.05, 0.1) is 5.69 Å². The zero-order valence-corrected chi connectivity index (χ0v) is 7.38. The highest BCUT2D eigenvalue weighted by atomic mass is 16.3. The van der Waals surface area contributed by atoms with Gasteiger partial charge in [-0.25, -0.2) is 9.97 Å². The molecule has 1 aromatic heterocycles. The lowest BCUT2D eigenvalue weighted by atomic mass is 10.1. The van der Waals surface area contributed by atoms with Crippen LogP contribution in [0.4, 0.5) is 5.69 Å². The summed E-state index contributed by atoms with van der Waals surface area (Å²) in [5.74, 6) is 0.153. The topological polar surface area (TPSA) is 72.0 Å². The van der Waals surface area contributed by atoms with Crippen LogP contribution in [0.5, 0.6) is 5.75 Å². The first kappa shape index (κ1) is 8.50. The van der Waals surface area contributed by atoms with Crippen molar-refractivity contribution in [3.8, 4) is 17.0 Å². The van der Waals surface area contributed by atoms with E-state index in [2.05, 4.69) is 9.97 Å². The predicted octanol–water partition coefficient (Wildman–Crippen LogP) is 1.43. The summed E-state index contributed by atoms with van der Waals surface area (Å²) in [6.07, 6.45) is 3.11. The number of anilines is 1. The predicted molar refractivity (Wildman–Crippen MR) is 53.5 cm³/mol. The summed E-state index contributed by atoms with van der Waals surface area (Å²) < 4.78 is 0. The average molecular weight is 187 g/mol. The molecule has 0 unspecified atom stereocenters. The van der Waals surface area contributed by atoms with Crippen molar-refractivity contribution in [3.63, 3.8) is 0 Å². The van der Waals surface area contributed by atoms with E-state index in [1.807, 2.05) is 0 Å². The number of phenolic OH excluding ortho intramolecular Hbond substituents is 1. The minimum Gasteiger partial charge on any atom is -0.508 e. The number of hydrogen-bond acceptors (Lipinski definition) is 4. The molecule has 70 valence electrons. The maximum absolute atomic E-state index is 9.17. The number of nitrogens with two attached hydrogens (primary N) is 1. The number of nitrogen functional groups attached to an aromatic ring is 1. The normalized spacial score (nSPS) is 10.0. The lowest BCUT2D eigenvalue weighted by molar-refractivity contribution is 0.476. The SMILES string of the molecule is Nc1cc(O)ccc1-c1ccncn1. The average Bonchev–Trinajstić information content (AvgIpc) is 2.19. The van der Waals surface area contributed by atoms with E-state index in [4.69, 9.17) is 5.73 Å². The highest BCUT2D eigenvalue weighted by Crippen LogP contribution is 2.26. The molecule has 0 bridgehead atoms. The monoisotopic (exact) mass is 187 g/mol. The maximum atomic E-state index is 9.17. The van der Waals surface area contributed by atoms with Crippen LogP contribution in [0.1, 0.15) is 0 Å². The van der Waals surface area contributed by atoms with Crippen molar-refractivity contribution in [1.82, 2.24) is 9.97 Å². The number of rotatable bonds is 1. The molecular formula is C10H9N3O. The van der Waals surface area contributed by atoms with Crippen LogP contribution in [-0.2, 0) is 0 Å². The number of aromatic hydroxyl groups is 1. The van der Waals surface area contributed by atoms with Gasteiger partial charge in [0.2, 0.25) is 0 Å². The Morgan fingerprint density at radius 2 is 2.07 bits per heavy atom. The fraction of sp³-hybridized carbons (Fsp3) is 0. The molecule has 0 aliphatic heterocycles. The Hall–Kier alpha value is -2.10. The zero-order valence-electron chi connectivity index (χ0n) is 7.38. The summed E-state index contributed by atoms with van der Waals surface area (Å²) in [6.45, 7) is 0. The van der Waals surface area contributed by atoms with Crippen LogP contribution in [0.25, 0.3) is 11.3 Å². The Morgan fingerprint density at radius 1 is 1.21 bits per heavy atom. The molecule has 0 aliphatic carbocycles. The summed E-state index contributed by atoms with van der Waals surface area (Å²) in [7, 11) is 0. The summed E-state index contributed by atoms with van der Waals surface area (Å²) in [4.78, 5) is 7.88. The van der Waals surface area contributed by atoms with E-state index in [1.165, 1.54) is 12.4 Å². The van der Waals surface area contributed by atoms with E-state index in [-0.39, 0.29) is 5.75 Å². The smallest absolute Gasteiger partial charge is 0.117 e. The van der Waals surface area contributed by atoms with Gasteiger partial charge in [0, 0.05) is 23.5 Å². The minimum atomic E-state index is 0.153. The summed E-state index contributed by atoms with van der Waals surface area (Å²) in [6, 6.07) is 6.57. The van der Waals surface area contributed by atoms with Gasteiger partial charge in [-0.05, 0) is 18.2 Å². The maximum Gasteiger partial charge on any atom is 0.117 e. The third-order valence-corrected chi connectivity index (χ3v) is 1.89. The van der Waals surface area contributed by atoms with Gasteiger partial charge in [-0.3, -0.25) is 0 Å². The van der Waals surface area contributed by atoms with Crippen LogP contribution in [-0.4, -0.2) is 15.1 Å². The Kier molecular flexibility index (Phi) is 2.02. The second-order valence-corrected chi connectivity index (χ2v) is 2.87. The van der Waals surface area contributed by atoms with Gasteiger partial charge >= 0.3 is 0 Å². The van der Waals surface area contributed by atoms with E-state index < -0.39 is 0 Å². The van der Waals surface area contributed by atoms with Crippen molar-refractivity contribution < 1.29 is 5.11 Å². The molecule has 1 heterocycles. The molecule has 2 aromatic rings. The fourth-order valence-electron chi connectivity index (χ4n) is 1.23. The lowest BCUT2D eigenvalue weighted by Crippen LogP contribution is -1.91. The molecule has 2 rings (SSSR count). The van der Waals surface area contributed by atoms with Crippen molar-refractivity contribution >= 4 is 5.69 Å². The van der Waals surface area contributed by atoms with Crippen molar-refractivity contribution in [3.05, 3.63) is 36.8 Å². The quantitative estimate of drug-likeness (QED) is 0.662. The van der Waals surface area contributed by atoms with Gasteiger partial charge in [-0.15, -0.1) is 0 Å². The van der Waals surface area contributed by atoms with E-state index in [1.54, 1.807) is 24.4 Å². The molecule has 0 aliphatic rings. The molecule has 0 amide bonds. The van der Waals surface area contributed by atoms with Gasteiger partial charge < -0.3 is 10.8 Å². The molecule has 0 spiro atoms. The molecule has 0 saturated carbocycles. The summed E-state index contributed by atoms with van der Waals surface area (Å²) >= 11 is 0. The molecule has 4 nitrogen and oxygen atoms in total. The van der Waals surface area contributed by atoms with Crippen LogP contribution in [0.15, 0.2) is 36.8 Å². The first-order chi connectivity index (χ1) is 6.77. The summed E-state index contributed by atoms with van der Waals surface area (Å²) in [5, 5.41) is 9.17. The number of nitrogens with zero attached hydrogens (tertiary/aromatic N) is 2. The first-order valence-corrected chi connectivity index (χ1v) is 4.12. The highest BCUT2D eigenvalue weighted by molar-refractivity contribution is 5.74. The molecular weight excluding hydrogens is 178 g/mol. The van der Waals surface area contributed by atoms with Crippen molar-refractivity contribution in [2.24, 2.45) is 0 Å². The van der Waals surface area contributed by atoms with Crippen molar-refractivity contribution in [2.45, 2.75) is 0 Å². The molecule has 1 aromatic carbocycles. The third kappa shape index (κ3) is 1.50. The molecule has 0 saturated heterocycles. The molecule has 0 fully saturated rings. The lowest BCUT2D eigenvalue weighted by Gasteiger charge is -2.04. The van der Waals surface area contributed by atoms with E-state index in [0.29, 0.717) is 5.69 Å². The first-order valence-electron chi connectivity index (χ1n) is 4.12. The molecule has 0 atom stereocenters. The molecule has 3 N–H and O–H groups in total. The Morgan fingerprint density at radius 3 is 2.71 bits per heavy atom. The van der Waals surface area contributed by atoms with Gasteiger partial charge in [-0.1, -0.05) is 0 Å². The largest absolute Gasteiger partial charge is 0.508 e. The standard InChI is InChI=1S/C10H9N3O/c11-9-5-7(14)1-2-8(9)10-3-4-12-6-13-10/h1-6,14H,11H2. The van der Waals surface area contributed by atoms with Crippen molar-refractivity contribution in [2.75, 3.05) is 5.73 Å². The Labute approximate surface area is 81.1 Å². The van der Waals surface area contributed by atoms with Crippen molar-refractivity contribution in [1.29, 1.82) is 0 Å². The number of hydrogen-bond donors (Lipinski definition) is 2. The molecule has 14 heavy (non-hydrogen) atoms. The van der Waals surface area contributed by atoms with E-state index in [9.17, 15) is 5.11 Å². The number of aromatic nitrogens is 2. The van der Waals surface area contributed by atoms with Gasteiger partial charge in [0.25, 0.3) is 0 Å². The van der Waals surface area contributed by atoms with E-state index >= 15 is 0 Å². The Bertz CT molecular complexity index is 442. The third-order valence-electron chi connectivity index (χ3n) is 1.89. The molecule has 4 heteroatoms. The van der Waals surface area contributed by atoms with Crippen LogP contribution in [0.3, 0.4) is 0 Å². The van der Waals surface area contributed by atoms with Gasteiger partial charge in [0.1, 0.15) is 12.1 Å². The number of phenols is 1. The van der Waals surface area contributed by atoms with E-state index in [0.717, 1.165) is 11.3 Å².